The van der Waals surface area contributed by atoms with Crippen LogP contribution in [0.3, 0.4) is 0 Å². The largest absolute Gasteiger partial charge is 0.449 e. The second kappa shape index (κ2) is 8.56. The molecule has 6 nitrogen and oxygen atoms in total. The Hall–Kier alpha value is -2.67. The van der Waals surface area contributed by atoms with Crippen LogP contribution in [0.4, 0.5) is 5.69 Å². The van der Waals surface area contributed by atoms with Crippen molar-refractivity contribution in [2.75, 3.05) is 11.6 Å². The summed E-state index contributed by atoms with van der Waals surface area (Å²) in [7, 11) is -3.46. The standard InChI is InChI=1S/C21H25NO5S/c1-13(2)17-8-6-7-9-19(17)22-20(23)15(4)27-21(24)18-12-16(28(5,25)26)11-10-14(18)3/h6-13,15H,1-5H3,(H,22,23)/t15-/m1/s1. The van der Waals surface area contributed by atoms with Crippen molar-refractivity contribution in [1.82, 2.24) is 0 Å². The number of sulfone groups is 1. The number of hydrogen-bond acceptors (Lipinski definition) is 5. The Balaban J connectivity index is 2.16. The summed E-state index contributed by atoms with van der Waals surface area (Å²) in [4.78, 5) is 25.0. The molecule has 1 N–H and O–H groups in total. The van der Waals surface area contributed by atoms with Crippen molar-refractivity contribution in [3.8, 4) is 0 Å². The molecule has 0 aromatic heterocycles. The van der Waals surface area contributed by atoms with Crippen LogP contribution in [0.1, 0.15) is 48.2 Å². The van der Waals surface area contributed by atoms with E-state index >= 15 is 0 Å². The number of ether oxygens (including phenoxy) is 1. The Morgan fingerprint density at radius 3 is 2.29 bits per heavy atom. The molecule has 0 radical (unpaired) electrons. The number of nitrogens with one attached hydrogen (secondary N) is 1. The maximum Gasteiger partial charge on any atom is 0.339 e. The highest BCUT2D eigenvalue weighted by Gasteiger charge is 2.22. The highest BCUT2D eigenvalue weighted by Crippen LogP contribution is 2.24. The maximum absolute atomic E-state index is 12.5. The minimum absolute atomic E-state index is 0.0213. The number of carbonyl (C=O) groups excluding carboxylic acids is 2. The summed E-state index contributed by atoms with van der Waals surface area (Å²) in [5.74, 6) is -0.989. The van der Waals surface area contributed by atoms with Crippen LogP contribution < -0.4 is 5.32 Å². The van der Waals surface area contributed by atoms with Gasteiger partial charge in [-0.2, -0.15) is 0 Å². The Morgan fingerprint density at radius 1 is 1.04 bits per heavy atom. The van der Waals surface area contributed by atoms with Crippen LogP contribution in [0.15, 0.2) is 47.4 Å². The van der Waals surface area contributed by atoms with Crippen molar-refractivity contribution in [3.63, 3.8) is 0 Å². The van der Waals surface area contributed by atoms with E-state index in [0.717, 1.165) is 11.8 Å². The number of amides is 1. The lowest BCUT2D eigenvalue weighted by Gasteiger charge is -2.17. The summed E-state index contributed by atoms with van der Waals surface area (Å²) in [6.45, 7) is 7.19. The third-order valence-electron chi connectivity index (χ3n) is 4.35. The highest BCUT2D eigenvalue weighted by molar-refractivity contribution is 7.90. The predicted octanol–water partition coefficient (Wildman–Crippen LogP) is 3.71. The first-order chi connectivity index (χ1) is 13.0. The van der Waals surface area contributed by atoms with Gasteiger partial charge in [0.1, 0.15) is 0 Å². The minimum Gasteiger partial charge on any atom is -0.449 e. The first-order valence-corrected chi connectivity index (χ1v) is 10.8. The number of aryl methyl sites for hydroxylation is 1. The van der Waals surface area contributed by atoms with Gasteiger partial charge in [-0.1, -0.05) is 38.1 Å². The molecule has 2 rings (SSSR count). The molecule has 2 aromatic rings. The van der Waals surface area contributed by atoms with Gasteiger partial charge in [0.05, 0.1) is 10.5 Å². The molecular weight excluding hydrogens is 378 g/mol. The Kier molecular flexibility index (Phi) is 6.61. The van der Waals surface area contributed by atoms with Gasteiger partial charge in [-0.3, -0.25) is 4.79 Å². The summed E-state index contributed by atoms with van der Waals surface area (Å²) in [5, 5.41) is 2.79. The molecule has 0 aliphatic rings. The van der Waals surface area contributed by atoms with E-state index in [0.29, 0.717) is 11.3 Å². The summed E-state index contributed by atoms with van der Waals surface area (Å²) in [6.07, 6.45) is 0.0173. The van der Waals surface area contributed by atoms with Gasteiger partial charge in [0.25, 0.3) is 5.91 Å². The number of hydrogen-bond donors (Lipinski definition) is 1. The van der Waals surface area contributed by atoms with Crippen molar-refractivity contribution in [3.05, 3.63) is 59.2 Å². The van der Waals surface area contributed by atoms with Crippen molar-refractivity contribution >= 4 is 27.4 Å². The van der Waals surface area contributed by atoms with Crippen LogP contribution in [0, 0.1) is 6.92 Å². The maximum atomic E-state index is 12.5. The second-order valence-corrected chi connectivity index (χ2v) is 9.04. The first-order valence-electron chi connectivity index (χ1n) is 8.92. The van der Waals surface area contributed by atoms with E-state index in [1.807, 2.05) is 32.0 Å². The average molecular weight is 404 g/mol. The van der Waals surface area contributed by atoms with Crippen LogP contribution >= 0.6 is 0 Å². The van der Waals surface area contributed by atoms with Crippen LogP contribution in [0.5, 0.6) is 0 Å². The summed E-state index contributed by atoms with van der Waals surface area (Å²) < 4.78 is 28.7. The fraction of sp³-hybridized carbons (Fsp3) is 0.333. The minimum atomic E-state index is -3.46. The van der Waals surface area contributed by atoms with E-state index in [-0.39, 0.29) is 16.4 Å². The molecular formula is C21H25NO5S. The molecule has 0 aliphatic carbocycles. The van der Waals surface area contributed by atoms with Gasteiger partial charge in [-0.05, 0) is 49.1 Å². The fourth-order valence-electron chi connectivity index (χ4n) is 2.68. The monoisotopic (exact) mass is 403 g/mol. The molecule has 0 bridgehead atoms. The zero-order valence-electron chi connectivity index (χ0n) is 16.6. The smallest absolute Gasteiger partial charge is 0.339 e. The van der Waals surface area contributed by atoms with E-state index in [4.69, 9.17) is 4.74 Å². The van der Waals surface area contributed by atoms with Gasteiger partial charge in [0.15, 0.2) is 15.9 Å². The zero-order valence-corrected chi connectivity index (χ0v) is 17.5. The van der Waals surface area contributed by atoms with E-state index < -0.39 is 27.8 Å². The Morgan fingerprint density at radius 2 is 1.68 bits per heavy atom. The molecule has 0 unspecified atom stereocenters. The SMILES string of the molecule is Cc1ccc(S(C)(=O)=O)cc1C(=O)O[C@H](C)C(=O)Nc1ccccc1C(C)C. The molecule has 0 spiro atoms. The Labute approximate surface area is 165 Å². The van der Waals surface area contributed by atoms with Crippen molar-refractivity contribution < 1.29 is 22.7 Å². The molecule has 0 heterocycles. The third kappa shape index (κ3) is 5.19. The molecule has 28 heavy (non-hydrogen) atoms. The zero-order chi connectivity index (χ0) is 21.1. The van der Waals surface area contributed by atoms with Crippen LogP contribution in [-0.4, -0.2) is 32.7 Å². The number of esters is 1. The molecule has 7 heteroatoms. The van der Waals surface area contributed by atoms with Crippen molar-refractivity contribution in [2.45, 2.75) is 44.6 Å². The predicted molar refractivity (Wildman–Crippen MR) is 108 cm³/mol. The number of carbonyl (C=O) groups is 2. The molecule has 1 atom stereocenters. The van der Waals surface area contributed by atoms with Crippen LogP contribution in [0.25, 0.3) is 0 Å². The van der Waals surface area contributed by atoms with E-state index in [9.17, 15) is 18.0 Å². The van der Waals surface area contributed by atoms with E-state index in [1.54, 1.807) is 13.0 Å². The lowest BCUT2D eigenvalue weighted by atomic mass is 10.0. The molecule has 150 valence electrons. The van der Waals surface area contributed by atoms with Gasteiger partial charge >= 0.3 is 5.97 Å². The quantitative estimate of drug-likeness (QED) is 0.743. The lowest BCUT2D eigenvalue weighted by Crippen LogP contribution is -2.30. The van der Waals surface area contributed by atoms with Gasteiger partial charge in [-0.25, -0.2) is 13.2 Å². The molecule has 2 aromatic carbocycles. The molecule has 0 fully saturated rings. The summed E-state index contributed by atoms with van der Waals surface area (Å²) in [6, 6.07) is 11.7. The molecule has 0 aliphatic heterocycles. The number of anilines is 1. The molecule has 0 saturated carbocycles. The molecule has 0 saturated heterocycles. The average Bonchev–Trinajstić information content (AvgIpc) is 2.61. The first kappa shape index (κ1) is 21.6. The van der Waals surface area contributed by atoms with Crippen LogP contribution in [0.2, 0.25) is 0 Å². The van der Waals surface area contributed by atoms with Gasteiger partial charge < -0.3 is 10.1 Å². The van der Waals surface area contributed by atoms with Crippen molar-refractivity contribution in [1.29, 1.82) is 0 Å². The summed E-state index contributed by atoms with van der Waals surface area (Å²) in [5.41, 5.74) is 2.33. The normalized spacial score (nSPS) is 12.5. The third-order valence-corrected chi connectivity index (χ3v) is 5.46. The number of rotatable bonds is 6. The highest BCUT2D eigenvalue weighted by atomic mass is 32.2. The van der Waals surface area contributed by atoms with E-state index in [1.165, 1.54) is 25.1 Å². The Bertz CT molecular complexity index is 996. The van der Waals surface area contributed by atoms with Crippen LogP contribution in [-0.2, 0) is 19.4 Å². The van der Waals surface area contributed by atoms with Gasteiger partial charge in [0, 0.05) is 11.9 Å². The van der Waals surface area contributed by atoms with Gasteiger partial charge in [0.2, 0.25) is 0 Å². The second-order valence-electron chi connectivity index (χ2n) is 7.03. The van der Waals surface area contributed by atoms with Crippen molar-refractivity contribution in [2.24, 2.45) is 0 Å². The fourth-order valence-corrected chi connectivity index (χ4v) is 3.33. The van der Waals surface area contributed by atoms with Gasteiger partial charge in [-0.15, -0.1) is 0 Å². The number of para-hydroxylation sites is 1. The lowest BCUT2D eigenvalue weighted by molar-refractivity contribution is -0.123. The van der Waals surface area contributed by atoms with E-state index in [2.05, 4.69) is 5.32 Å². The number of benzene rings is 2. The summed E-state index contributed by atoms with van der Waals surface area (Å²) >= 11 is 0. The topological polar surface area (TPSA) is 89.5 Å². The molecule has 1 amide bonds.